The Kier molecular flexibility index (Phi) is 3.75. The maximum atomic E-state index is 10.7. The second kappa shape index (κ2) is 5.47. The molecule has 0 saturated carbocycles. The van der Waals surface area contributed by atoms with Crippen molar-refractivity contribution in [2.45, 2.75) is 13.5 Å². The number of aliphatic hydroxyl groups excluding tert-OH is 1. The molecule has 0 spiro atoms. The number of aldehydes is 1. The Morgan fingerprint density at radius 2 is 2.06 bits per heavy atom. The van der Waals surface area contributed by atoms with Crippen LogP contribution in [0.3, 0.4) is 0 Å². The zero-order chi connectivity index (χ0) is 13.0. The van der Waals surface area contributed by atoms with E-state index in [0.717, 1.165) is 17.4 Å². The quantitative estimate of drug-likeness (QED) is 0.838. The van der Waals surface area contributed by atoms with E-state index in [9.17, 15) is 4.79 Å². The lowest BCUT2D eigenvalue weighted by molar-refractivity contribution is 0.112. The molecule has 3 heteroatoms. The Bertz CT molecular complexity index is 561. The molecular weight excluding hydrogens is 228 g/mol. The number of hydrogen-bond donors (Lipinski definition) is 1. The largest absolute Gasteiger partial charge is 0.457 e. The maximum Gasteiger partial charge on any atom is 0.150 e. The highest BCUT2D eigenvalue weighted by Gasteiger charge is 2.03. The van der Waals surface area contributed by atoms with Gasteiger partial charge < -0.3 is 9.84 Å². The van der Waals surface area contributed by atoms with Crippen LogP contribution in [0.2, 0.25) is 0 Å². The summed E-state index contributed by atoms with van der Waals surface area (Å²) in [6.45, 7) is 1.89. The molecule has 0 aliphatic heterocycles. The third-order valence-electron chi connectivity index (χ3n) is 2.66. The molecule has 0 unspecified atom stereocenters. The zero-order valence-corrected chi connectivity index (χ0v) is 10.1. The molecule has 0 fully saturated rings. The number of aryl methyl sites for hydroxylation is 1. The number of aliphatic hydroxyl groups is 1. The van der Waals surface area contributed by atoms with Crippen molar-refractivity contribution in [1.29, 1.82) is 0 Å². The van der Waals surface area contributed by atoms with Crippen molar-refractivity contribution in [2.75, 3.05) is 0 Å². The van der Waals surface area contributed by atoms with Crippen LogP contribution >= 0.6 is 0 Å². The van der Waals surface area contributed by atoms with Gasteiger partial charge in [0, 0.05) is 5.56 Å². The first kappa shape index (κ1) is 12.3. The van der Waals surface area contributed by atoms with Crippen LogP contribution in [0.1, 0.15) is 21.5 Å². The normalized spacial score (nSPS) is 10.1. The van der Waals surface area contributed by atoms with E-state index in [2.05, 4.69) is 0 Å². The third-order valence-corrected chi connectivity index (χ3v) is 2.66. The van der Waals surface area contributed by atoms with Crippen LogP contribution in [0.4, 0.5) is 0 Å². The van der Waals surface area contributed by atoms with E-state index in [1.54, 1.807) is 18.2 Å². The smallest absolute Gasteiger partial charge is 0.150 e. The summed E-state index contributed by atoms with van der Waals surface area (Å²) in [5.41, 5.74) is 2.32. The van der Waals surface area contributed by atoms with Crippen molar-refractivity contribution in [3.8, 4) is 11.5 Å². The van der Waals surface area contributed by atoms with Gasteiger partial charge in [-0.15, -0.1) is 0 Å². The van der Waals surface area contributed by atoms with Gasteiger partial charge in [-0.05, 0) is 36.2 Å². The summed E-state index contributed by atoms with van der Waals surface area (Å²) in [5, 5.41) is 9.06. The van der Waals surface area contributed by atoms with Crippen molar-refractivity contribution in [1.82, 2.24) is 0 Å². The van der Waals surface area contributed by atoms with Crippen LogP contribution in [0.5, 0.6) is 11.5 Å². The van der Waals surface area contributed by atoms with Gasteiger partial charge in [-0.2, -0.15) is 0 Å². The molecule has 0 aromatic heterocycles. The summed E-state index contributed by atoms with van der Waals surface area (Å²) in [6.07, 6.45) is 0.788. The van der Waals surface area contributed by atoms with E-state index in [-0.39, 0.29) is 6.61 Å². The molecule has 0 amide bonds. The molecule has 2 aromatic rings. The average molecular weight is 242 g/mol. The minimum atomic E-state index is -0.0233. The Balaban J connectivity index is 2.29. The van der Waals surface area contributed by atoms with Crippen molar-refractivity contribution in [3.63, 3.8) is 0 Å². The predicted octanol–water partition coefficient (Wildman–Crippen LogP) is 3.09. The lowest BCUT2D eigenvalue weighted by Crippen LogP contribution is -1.91. The lowest BCUT2D eigenvalue weighted by atomic mass is 10.1. The molecule has 0 radical (unpaired) electrons. The monoisotopic (exact) mass is 242 g/mol. The molecule has 0 saturated heterocycles. The molecule has 0 atom stereocenters. The highest BCUT2D eigenvalue weighted by atomic mass is 16.5. The molecule has 3 nitrogen and oxygen atoms in total. The Morgan fingerprint density at radius 1 is 1.22 bits per heavy atom. The summed E-state index contributed by atoms with van der Waals surface area (Å²) < 4.78 is 5.72. The SMILES string of the molecule is Cc1ccc(C=O)cc1Oc1cccc(CO)c1. The fourth-order valence-electron chi connectivity index (χ4n) is 1.63. The molecular formula is C15H14O3. The fourth-order valence-corrected chi connectivity index (χ4v) is 1.63. The number of hydrogen-bond acceptors (Lipinski definition) is 3. The Hall–Kier alpha value is -2.13. The van der Waals surface area contributed by atoms with Gasteiger partial charge in [-0.1, -0.05) is 24.3 Å². The number of carbonyl (C=O) groups excluding carboxylic acids is 1. The molecule has 1 N–H and O–H groups in total. The second-order valence-electron chi connectivity index (χ2n) is 4.05. The minimum Gasteiger partial charge on any atom is -0.457 e. The molecule has 0 bridgehead atoms. The topological polar surface area (TPSA) is 46.5 Å². The van der Waals surface area contributed by atoms with E-state index in [0.29, 0.717) is 17.1 Å². The predicted molar refractivity (Wildman–Crippen MR) is 69.0 cm³/mol. The third kappa shape index (κ3) is 2.76. The number of ether oxygens (including phenoxy) is 1. The first-order valence-corrected chi connectivity index (χ1v) is 5.66. The molecule has 2 rings (SSSR count). The molecule has 92 valence electrons. The summed E-state index contributed by atoms with van der Waals surface area (Å²) in [7, 11) is 0. The van der Waals surface area contributed by atoms with E-state index in [1.165, 1.54) is 0 Å². The van der Waals surface area contributed by atoms with Crippen molar-refractivity contribution in [3.05, 3.63) is 59.2 Å². The van der Waals surface area contributed by atoms with Crippen LogP contribution in [0.15, 0.2) is 42.5 Å². The highest BCUT2D eigenvalue weighted by molar-refractivity contribution is 5.75. The highest BCUT2D eigenvalue weighted by Crippen LogP contribution is 2.26. The van der Waals surface area contributed by atoms with Crippen LogP contribution < -0.4 is 4.74 Å². The molecule has 0 heterocycles. The molecule has 2 aromatic carbocycles. The lowest BCUT2D eigenvalue weighted by Gasteiger charge is -2.10. The summed E-state index contributed by atoms with van der Waals surface area (Å²) in [5.74, 6) is 1.29. The van der Waals surface area contributed by atoms with E-state index in [1.807, 2.05) is 31.2 Å². The fraction of sp³-hybridized carbons (Fsp3) is 0.133. The maximum absolute atomic E-state index is 10.7. The zero-order valence-electron chi connectivity index (χ0n) is 10.1. The van der Waals surface area contributed by atoms with Gasteiger partial charge in [-0.3, -0.25) is 4.79 Å². The number of carbonyl (C=O) groups is 1. The summed E-state index contributed by atoms with van der Waals surface area (Å²) in [4.78, 5) is 10.7. The van der Waals surface area contributed by atoms with E-state index < -0.39 is 0 Å². The Labute approximate surface area is 106 Å². The molecule has 0 aliphatic carbocycles. The standard InChI is InChI=1S/C15H14O3/c1-11-5-6-13(10-17)8-15(11)18-14-4-2-3-12(7-14)9-16/h2-8,10,16H,9H2,1H3. The molecule has 18 heavy (non-hydrogen) atoms. The summed E-state index contributed by atoms with van der Waals surface area (Å²) >= 11 is 0. The van der Waals surface area contributed by atoms with Crippen molar-refractivity contribution in [2.24, 2.45) is 0 Å². The second-order valence-corrected chi connectivity index (χ2v) is 4.05. The van der Waals surface area contributed by atoms with Gasteiger partial charge in [0.1, 0.15) is 17.8 Å². The van der Waals surface area contributed by atoms with Gasteiger partial charge in [0.25, 0.3) is 0 Å². The van der Waals surface area contributed by atoms with Gasteiger partial charge in [0.05, 0.1) is 6.61 Å². The van der Waals surface area contributed by atoms with Crippen molar-refractivity contribution >= 4 is 6.29 Å². The van der Waals surface area contributed by atoms with Crippen LogP contribution in [-0.2, 0) is 6.61 Å². The van der Waals surface area contributed by atoms with Gasteiger partial charge in [0.2, 0.25) is 0 Å². The van der Waals surface area contributed by atoms with Gasteiger partial charge in [-0.25, -0.2) is 0 Å². The van der Waals surface area contributed by atoms with E-state index in [4.69, 9.17) is 9.84 Å². The number of benzene rings is 2. The van der Waals surface area contributed by atoms with Gasteiger partial charge >= 0.3 is 0 Å². The Morgan fingerprint density at radius 3 is 2.78 bits per heavy atom. The first-order chi connectivity index (χ1) is 8.72. The van der Waals surface area contributed by atoms with E-state index >= 15 is 0 Å². The van der Waals surface area contributed by atoms with Crippen LogP contribution in [-0.4, -0.2) is 11.4 Å². The minimum absolute atomic E-state index is 0.0233. The first-order valence-electron chi connectivity index (χ1n) is 5.66. The summed E-state index contributed by atoms with van der Waals surface area (Å²) in [6, 6.07) is 12.5. The number of rotatable bonds is 4. The molecule has 0 aliphatic rings. The van der Waals surface area contributed by atoms with Crippen LogP contribution in [0.25, 0.3) is 0 Å². The van der Waals surface area contributed by atoms with Crippen molar-refractivity contribution < 1.29 is 14.6 Å². The van der Waals surface area contributed by atoms with Gasteiger partial charge in [0.15, 0.2) is 0 Å². The van der Waals surface area contributed by atoms with Crippen LogP contribution in [0, 0.1) is 6.92 Å². The average Bonchev–Trinajstić information content (AvgIpc) is 2.41.